The minimum absolute atomic E-state index is 0.0591. The highest BCUT2D eigenvalue weighted by Gasteiger charge is 2.21. The van der Waals surface area contributed by atoms with Crippen molar-refractivity contribution in [3.05, 3.63) is 83.7 Å². The fourth-order valence-corrected chi connectivity index (χ4v) is 5.92. The lowest BCUT2D eigenvalue weighted by molar-refractivity contribution is -0.160. The van der Waals surface area contributed by atoms with Crippen molar-refractivity contribution in [1.29, 1.82) is 0 Å². The predicted molar refractivity (Wildman–Crippen MR) is 177 cm³/mol. The van der Waals surface area contributed by atoms with Crippen LogP contribution in [0.3, 0.4) is 0 Å². The third-order valence-corrected chi connectivity index (χ3v) is 8.11. The van der Waals surface area contributed by atoms with Gasteiger partial charge in [-0.2, -0.15) is 0 Å². The van der Waals surface area contributed by atoms with Crippen LogP contribution >= 0.6 is 0 Å². The molecule has 8 nitrogen and oxygen atoms in total. The molecule has 0 aliphatic carbocycles. The molecular formula is C37H45FN2O6. The molecule has 0 atom stereocenters. The van der Waals surface area contributed by atoms with Gasteiger partial charge in [0.05, 0.1) is 25.0 Å². The largest absolute Gasteiger partial charge is 0.508 e. The van der Waals surface area contributed by atoms with E-state index in [1.165, 1.54) is 12.1 Å². The first-order chi connectivity index (χ1) is 22.1. The molecule has 0 saturated carbocycles. The number of carbonyl (C=O) groups excluding carboxylic acids is 1. The van der Waals surface area contributed by atoms with E-state index in [1.54, 1.807) is 24.3 Å². The van der Waals surface area contributed by atoms with Crippen molar-refractivity contribution in [1.82, 2.24) is 9.47 Å². The first-order valence-corrected chi connectivity index (χ1v) is 16.0. The summed E-state index contributed by atoms with van der Waals surface area (Å²) in [6, 6.07) is 20.1. The van der Waals surface area contributed by atoms with Crippen LogP contribution in [-0.2, 0) is 25.5 Å². The van der Waals surface area contributed by atoms with Crippen LogP contribution in [0.25, 0.3) is 22.2 Å². The molecule has 1 saturated heterocycles. The Balaban J connectivity index is 1.07. The molecule has 3 aromatic carbocycles. The maximum atomic E-state index is 13.7. The van der Waals surface area contributed by atoms with Gasteiger partial charge in [0.1, 0.15) is 36.1 Å². The van der Waals surface area contributed by atoms with Crippen molar-refractivity contribution < 1.29 is 33.2 Å². The van der Waals surface area contributed by atoms with Crippen molar-refractivity contribution in [3.8, 4) is 22.8 Å². The van der Waals surface area contributed by atoms with Gasteiger partial charge in [-0.1, -0.05) is 12.1 Å². The molecule has 2 heterocycles. The number of piperidine rings is 1. The first-order valence-electron chi connectivity index (χ1n) is 16.0. The van der Waals surface area contributed by atoms with E-state index in [9.17, 15) is 14.3 Å². The second-order valence-corrected chi connectivity index (χ2v) is 12.8. The number of nitrogens with zero attached hydrogens (tertiary/aromatic N) is 2. The van der Waals surface area contributed by atoms with Gasteiger partial charge in [0, 0.05) is 37.1 Å². The molecule has 1 aromatic heterocycles. The van der Waals surface area contributed by atoms with Crippen LogP contribution in [0.1, 0.15) is 44.7 Å². The zero-order valence-electron chi connectivity index (χ0n) is 27.3. The quantitative estimate of drug-likeness (QED) is 0.129. The van der Waals surface area contributed by atoms with E-state index in [0.29, 0.717) is 26.4 Å². The van der Waals surface area contributed by atoms with Crippen molar-refractivity contribution >= 4 is 16.9 Å². The molecule has 1 fully saturated rings. The van der Waals surface area contributed by atoms with E-state index < -0.39 is 5.60 Å². The van der Waals surface area contributed by atoms with Crippen molar-refractivity contribution in [2.24, 2.45) is 0 Å². The molecule has 5 rings (SSSR count). The average Bonchev–Trinajstić information content (AvgIpc) is 3.28. The summed E-state index contributed by atoms with van der Waals surface area (Å²) in [6.07, 6.45) is 2.10. The zero-order chi connectivity index (χ0) is 32.7. The molecule has 1 aliphatic rings. The molecule has 0 amide bonds. The summed E-state index contributed by atoms with van der Waals surface area (Å²) < 4.78 is 38.6. The maximum absolute atomic E-state index is 13.7. The molecule has 0 unspecified atom stereocenters. The molecule has 0 bridgehead atoms. The van der Waals surface area contributed by atoms with Gasteiger partial charge in [-0.25, -0.2) is 9.18 Å². The Labute approximate surface area is 270 Å². The van der Waals surface area contributed by atoms with Crippen LogP contribution in [0.2, 0.25) is 0 Å². The lowest BCUT2D eigenvalue weighted by Gasteiger charge is -2.31. The third-order valence-electron chi connectivity index (χ3n) is 8.11. The zero-order valence-corrected chi connectivity index (χ0v) is 27.3. The van der Waals surface area contributed by atoms with Gasteiger partial charge in [-0.3, -0.25) is 4.90 Å². The highest BCUT2D eigenvalue weighted by molar-refractivity contribution is 5.92. The number of carbonyl (C=O) groups is 1. The lowest BCUT2D eigenvalue weighted by Crippen LogP contribution is -2.39. The maximum Gasteiger partial charge on any atom is 0.332 e. The van der Waals surface area contributed by atoms with E-state index in [4.69, 9.17) is 18.9 Å². The molecule has 4 aromatic rings. The molecule has 1 N–H and O–H groups in total. The number of esters is 1. The van der Waals surface area contributed by atoms with Crippen molar-refractivity contribution in [2.75, 3.05) is 46.1 Å². The fourth-order valence-electron chi connectivity index (χ4n) is 5.92. The number of benzene rings is 3. The molecule has 9 heteroatoms. The monoisotopic (exact) mass is 632 g/mol. The summed E-state index contributed by atoms with van der Waals surface area (Å²) in [4.78, 5) is 14.1. The Bertz CT molecular complexity index is 1590. The second-order valence-electron chi connectivity index (χ2n) is 12.8. The number of hydrogen-bond donors (Lipinski definition) is 1. The van der Waals surface area contributed by atoms with Gasteiger partial charge in [0.25, 0.3) is 0 Å². The molecule has 46 heavy (non-hydrogen) atoms. The highest BCUT2D eigenvalue weighted by Crippen LogP contribution is 2.36. The highest BCUT2D eigenvalue weighted by atomic mass is 19.1. The third kappa shape index (κ3) is 9.09. The van der Waals surface area contributed by atoms with Crippen molar-refractivity contribution in [2.45, 2.75) is 58.8 Å². The van der Waals surface area contributed by atoms with Gasteiger partial charge in [-0.05, 0) is 112 Å². The minimum atomic E-state index is -0.509. The van der Waals surface area contributed by atoms with Crippen LogP contribution in [0.15, 0.2) is 66.7 Å². The number of aromatic hydroxyl groups is 1. The smallest absolute Gasteiger partial charge is 0.332 e. The number of rotatable bonds is 13. The fraction of sp³-hybridized carbons (Fsp3) is 0.432. The van der Waals surface area contributed by atoms with E-state index in [2.05, 4.69) is 21.6 Å². The number of fused-ring (bicyclic) bond motifs is 1. The number of aryl methyl sites for hydroxylation is 1. The SMILES string of the molecule is Cc1c(-c2ccc(F)cc2)n(Cc2ccc(OCCN3CCC(OCCOCC(=O)OC(C)(C)C)CC3)cc2)c2ccc(O)cc12. The Morgan fingerprint density at radius 1 is 0.957 bits per heavy atom. The number of phenolic OH excluding ortho intramolecular Hbond substituents is 1. The van der Waals surface area contributed by atoms with E-state index in [1.807, 2.05) is 45.9 Å². The van der Waals surface area contributed by atoms with Gasteiger partial charge >= 0.3 is 5.97 Å². The Hall–Kier alpha value is -3.92. The van der Waals surface area contributed by atoms with Gasteiger partial charge < -0.3 is 28.6 Å². The molecular weight excluding hydrogens is 587 g/mol. The number of aromatic nitrogens is 1. The van der Waals surface area contributed by atoms with Gasteiger partial charge in [-0.15, -0.1) is 0 Å². The molecule has 0 spiro atoms. The van der Waals surface area contributed by atoms with Crippen molar-refractivity contribution in [3.63, 3.8) is 0 Å². The van der Waals surface area contributed by atoms with E-state index in [0.717, 1.165) is 71.5 Å². The summed E-state index contributed by atoms with van der Waals surface area (Å²) in [5.74, 6) is 0.410. The number of halogens is 1. The predicted octanol–water partition coefficient (Wildman–Crippen LogP) is 6.73. The van der Waals surface area contributed by atoms with Crippen LogP contribution in [-0.4, -0.2) is 78.3 Å². The number of likely N-dealkylation sites (tertiary alicyclic amines) is 1. The first kappa shape index (κ1) is 33.4. The summed E-state index contributed by atoms with van der Waals surface area (Å²) in [5, 5.41) is 11.1. The average molecular weight is 633 g/mol. The summed E-state index contributed by atoms with van der Waals surface area (Å²) in [7, 11) is 0. The van der Waals surface area contributed by atoms with Gasteiger partial charge in [0.15, 0.2) is 0 Å². The van der Waals surface area contributed by atoms with E-state index in [-0.39, 0.29) is 30.2 Å². The standard InChI is InChI=1S/C37H45FN2O6/c1-26-33-23-30(41)11-14-34(33)40(36(26)28-7-9-29(38)10-8-28)24-27-5-12-31(13-6-27)44-20-19-39-17-15-32(16-18-39)45-22-21-43-25-35(42)46-37(2,3)4/h5-14,23,32,41H,15-22,24-25H2,1-4H3. The number of phenols is 1. The van der Waals surface area contributed by atoms with Crippen LogP contribution in [0.5, 0.6) is 11.5 Å². The minimum Gasteiger partial charge on any atom is -0.508 e. The normalized spacial score (nSPS) is 14.5. The summed E-state index contributed by atoms with van der Waals surface area (Å²) >= 11 is 0. The lowest BCUT2D eigenvalue weighted by atomic mass is 10.1. The van der Waals surface area contributed by atoms with E-state index >= 15 is 0 Å². The molecule has 0 radical (unpaired) electrons. The Morgan fingerprint density at radius 3 is 2.37 bits per heavy atom. The Kier molecular flexibility index (Phi) is 11.0. The Morgan fingerprint density at radius 2 is 1.67 bits per heavy atom. The topological polar surface area (TPSA) is 82.4 Å². The second kappa shape index (κ2) is 15.1. The van der Waals surface area contributed by atoms with Gasteiger partial charge in [0.2, 0.25) is 0 Å². The summed E-state index contributed by atoms with van der Waals surface area (Å²) in [6.45, 7) is 12.3. The van der Waals surface area contributed by atoms with Crippen LogP contribution < -0.4 is 4.74 Å². The van der Waals surface area contributed by atoms with Crippen LogP contribution in [0, 0.1) is 12.7 Å². The summed E-state index contributed by atoms with van der Waals surface area (Å²) in [5.41, 5.74) is 4.58. The van der Waals surface area contributed by atoms with Crippen LogP contribution in [0.4, 0.5) is 4.39 Å². The number of hydrogen-bond acceptors (Lipinski definition) is 7. The molecule has 246 valence electrons. The molecule has 1 aliphatic heterocycles. The number of ether oxygens (including phenoxy) is 4.